The number of fused-ring (bicyclic) bond motifs is 1. The second kappa shape index (κ2) is 7.19. The Morgan fingerprint density at radius 1 is 1.26 bits per heavy atom. The van der Waals surface area contributed by atoms with Gasteiger partial charge in [-0.3, -0.25) is 9.89 Å². The summed E-state index contributed by atoms with van der Waals surface area (Å²) in [5.74, 6) is 1.64. The Bertz CT molecular complexity index is 811. The Kier molecular flexibility index (Phi) is 4.73. The number of aromatic nitrogens is 3. The molecule has 8 heteroatoms. The predicted octanol–water partition coefficient (Wildman–Crippen LogP) is 1.80. The second-order valence-corrected chi connectivity index (χ2v) is 7.09. The van der Waals surface area contributed by atoms with E-state index in [0.717, 1.165) is 35.9 Å². The molecule has 0 aromatic carbocycles. The molecular weight excluding hydrogens is 346 g/mol. The number of ether oxygens (including phenoxy) is 2. The minimum absolute atomic E-state index is 0.00357. The number of rotatable bonds is 3. The van der Waals surface area contributed by atoms with E-state index in [1.54, 1.807) is 13.3 Å². The second-order valence-electron chi connectivity index (χ2n) is 7.09. The van der Waals surface area contributed by atoms with Crippen LogP contribution in [0.2, 0.25) is 0 Å². The van der Waals surface area contributed by atoms with E-state index in [4.69, 9.17) is 9.47 Å². The third kappa shape index (κ3) is 3.37. The van der Waals surface area contributed by atoms with Gasteiger partial charge in [-0.1, -0.05) is 0 Å². The molecule has 1 N–H and O–H groups in total. The van der Waals surface area contributed by atoms with Crippen LogP contribution in [0.1, 0.15) is 41.7 Å². The highest BCUT2D eigenvalue weighted by Crippen LogP contribution is 2.30. The molecule has 0 spiro atoms. The van der Waals surface area contributed by atoms with E-state index in [-0.39, 0.29) is 18.1 Å². The van der Waals surface area contributed by atoms with Crippen LogP contribution < -0.4 is 9.64 Å². The fraction of sp³-hybridized carbons (Fsp3) is 0.526. The molecule has 4 rings (SSSR count). The first-order valence-corrected chi connectivity index (χ1v) is 9.33. The fourth-order valence-electron chi connectivity index (χ4n) is 3.82. The van der Waals surface area contributed by atoms with Crippen LogP contribution in [0.5, 0.6) is 5.75 Å². The van der Waals surface area contributed by atoms with Crippen LogP contribution >= 0.6 is 0 Å². The van der Waals surface area contributed by atoms with Gasteiger partial charge >= 0.3 is 0 Å². The lowest BCUT2D eigenvalue weighted by atomic mass is 9.99. The largest absolute Gasteiger partial charge is 0.495 e. The first-order chi connectivity index (χ1) is 13.1. The number of piperazine rings is 1. The number of pyridine rings is 1. The number of carbonyl (C=O) groups is 1. The fourth-order valence-corrected chi connectivity index (χ4v) is 3.82. The van der Waals surface area contributed by atoms with E-state index in [2.05, 4.69) is 20.1 Å². The van der Waals surface area contributed by atoms with Crippen molar-refractivity contribution < 1.29 is 14.3 Å². The number of carbonyl (C=O) groups excluding carboxylic acids is 1. The van der Waals surface area contributed by atoms with Crippen molar-refractivity contribution in [3.05, 3.63) is 35.3 Å². The molecule has 2 atom stereocenters. The van der Waals surface area contributed by atoms with Crippen molar-refractivity contribution in [1.82, 2.24) is 20.1 Å². The zero-order chi connectivity index (χ0) is 19.0. The highest BCUT2D eigenvalue weighted by atomic mass is 16.5. The van der Waals surface area contributed by atoms with Gasteiger partial charge in [0.1, 0.15) is 11.6 Å². The van der Waals surface area contributed by atoms with Crippen molar-refractivity contribution in [2.45, 2.75) is 32.5 Å². The molecule has 2 aliphatic heterocycles. The lowest BCUT2D eigenvalue weighted by Gasteiger charge is -2.35. The molecule has 1 saturated heterocycles. The molecule has 0 saturated carbocycles. The molecule has 27 heavy (non-hydrogen) atoms. The van der Waals surface area contributed by atoms with Gasteiger partial charge in [-0.15, -0.1) is 0 Å². The van der Waals surface area contributed by atoms with Gasteiger partial charge in [0.2, 0.25) is 0 Å². The van der Waals surface area contributed by atoms with Gasteiger partial charge in [-0.05, 0) is 26.0 Å². The molecular formula is C19H25N5O3. The smallest absolute Gasteiger partial charge is 0.274 e. The van der Waals surface area contributed by atoms with Gasteiger partial charge < -0.3 is 19.3 Å². The monoisotopic (exact) mass is 371 g/mol. The van der Waals surface area contributed by atoms with Crippen LogP contribution in [0.15, 0.2) is 18.3 Å². The Morgan fingerprint density at radius 2 is 2.04 bits per heavy atom. The number of hydrogen-bond acceptors (Lipinski definition) is 6. The summed E-state index contributed by atoms with van der Waals surface area (Å²) < 4.78 is 11.0. The van der Waals surface area contributed by atoms with Crippen LogP contribution in [0.25, 0.3) is 0 Å². The maximum Gasteiger partial charge on any atom is 0.274 e. The standard InChI is InChI=1S/C19H25N5O3/c1-12-10-15-17(13(2)27-12)21-22-18(15)19(25)24-8-6-23(7-9-24)16-5-4-14(26-3)11-20-16/h4-5,11-13H,6-10H2,1-3H3,(H,21,22)/t12-,13+/m0/s1. The van der Waals surface area contributed by atoms with Crippen LogP contribution in [0.3, 0.4) is 0 Å². The summed E-state index contributed by atoms with van der Waals surface area (Å²) in [5, 5.41) is 7.33. The molecule has 0 aliphatic carbocycles. The Labute approximate surface area is 158 Å². The quantitative estimate of drug-likeness (QED) is 0.886. The number of aromatic amines is 1. The highest BCUT2D eigenvalue weighted by Gasteiger charge is 2.32. The summed E-state index contributed by atoms with van der Waals surface area (Å²) in [6.07, 6.45) is 2.46. The topological polar surface area (TPSA) is 83.6 Å². The average molecular weight is 371 g/mol. The van der Waals surface area contributed by atoms with E-state index < -0.39 is 0 Å². The maximum atomic E-state index is 13.0. The number of H-pyrrole nitrogens is 1. The average Bonchev–Trinajstić information content (AvgIpc) is 3.12. The van der Waals surface area contributed by atoms with Crippen LogP contribution in [-0.4, -0.2) is 65.4 Å². The van der Waals surface area contributed by atoms with Crippen molar-refractivity contribution in [1.29, 1.82) is 0 Å². The Hall–Kier alpha value is -2.61. The summed E-state index contributed by atoms with van der Waals surface area (Å²) in [4.78, 5) is 21.5. The van der Waals surface area contributed by atoms with Gasteiger partial charge in [-0.2, -0.15) is 5.10 Å². The lowest BCUT2D eigenvalue weighted by Crippen LogP contribution is -2.49. The van der Waals surface area contributed by atoms with Crippen molar-refractivity contribution in [2.75, 3.05) is 38.2 Å². The first kappa shape index (κ1) is 17.8. The first-order valence-electron chi connectivity index (χ1n) is 9.33. The molecule has 0 unspecified atom stereocenters. The third-order valence-electron chi connectivity index (χ3n) is 5.28. The van der Waals surface area contributed by atoms with Crippen molar-refractivity contribution >= 4 is 11.7 Å². The summed E-state index contributed by atoms with van der Waals surface area (Å²) >= 11 is 0. The predicted molar refractivity (Wildman–Crippen MR) is 100 cm³/mol. The van der Waals surface area contributed by atoms with E-state index in [1.807, 2.05) is 30.9 Å². The van der Waals surface area contributed by atoms with Gasteiger partial charge in [-0.25, -0.2) is 4.98 Å². The maximum absolute atomic E-state index is 13.0. The molecule has 2 aromatic heterocycles. The SMILES string of the molecule is COc1ccc(N2CCN(C(=O)c3n[nH]c4c3C[C@H](C)O[C@@H]4C)CC2)nc1. The number of nitrogens with zero attached hydrogens (tertiary/aromatic N) is 4. The van der Waals surface area contributed by atoms with E-state index in [0.29, 0.717) is 25.2 Å². The number of amides is 1. The molecule has 144 valence electrons. The molecule has 0 radical (unpaired) electrons. The van der Waals surface area contributed by atoms with Crippen LogP contribution in [0.4, 0.5) is 5.82 Å². The van der Waals surface area contributed by atoms with Gasteiger partial charge in [0, 0.05) is 38.2 Å². The molecule has 2 aliphatic rings. The highest BCUT2D eigenvalue weighted by molar-refractivity contribution is 5.94. The van der Waals surface area contributed by atoms with Gasteiger partial charge in [0.25, 0.3) is 5.91 Å². The normalized spacial score (nSPS) is 22.5. The molecule has 8 nitrogen and oxygen atoms in total. The number of anilines is 1. The molecule has 1 fully saturated rings. The summed E-state index contributed by atoms with van der Waals surface area (Å²) in [5.41, 5.74) is 2.48. The van der Waals surface area contributed by atoms with Crippen molar-refractivity contribution in [3.63, 3.8) is 0 Å². The summed E-state index contributed by atoms with van der Waals surface area (Å²) in [7, 11) is 1.63. The van der Waals surface area contributed by atoms with Crippen molar-refractivity contribution in [3.8, 4) is 5.75 Å². The zero-order valence-electron chi connectivity index (χ0n) is 15.9. The van der Waals surface area contributed by atoms with Gasteiger partial charge in [0.15, 0.2) is 5.69 Å². The molecule has 4 heterocycles. The third-order valence-corrected chi connectivity index (χ3v) is 5.28. The number of nitrogens with one attached hydrogen (secondary N) is 1. The van der Waals surface area contributed by atoms with E-state index in [1.165, 1.54) is 0 Å². The molecule has 1 amide bonds. The van der Waals surface area contributed by atoms with E-state index in [9.17, 15) is 4.79 Å². The minimum Gasteiger partial charge on any atom is -0.495 e. The van der Waals surface area contributed by atoms with Crippen LogP contribution in [-0.2, 0) is 11.2 Å². The lowest BCUT2D eigenvalue weighted by molar-refractivity contribution is -0.00702. The summed E-state index contributed by atoms with van der Waals surface area (Å²) in [6.45, 7) is 6.80. The number of methoxy groups -OCH3 is 1. The van der Waals surface area contributed by atoms with Crippen molar-refractivity contribution in [2.24, 2.45) is 0 Å². The Morgan fingerprint density at radius 3 is 2.70 bits per heavy atom. The van der Waals surface area contributed by atoms with Gasteiger partial charge in [0.05, 0.1) is 31.2 Å². The zero-order valence-corrected chi connectivity index (χ0v) is 15.9. The minimum atomic E-state index is -0.0595. The van der Waals surface area contributed by atoms with Crippen LogP contribution in [0, 0.1) is 0 Å². The molecule has 0 bridgehead atoms. The Balaban J connectivity index is 1.43. The summed E-state index contributed by atoms with van der Waals surface area (Å²) in [6, 6.07) is 3.85. The van der Waals surface area contributed by atoms with E-state index >= 15 is 0 Å². The molecule has 2 aromatic rings. The number of hydrogen-bond donors (Lipinski definition) is 1.